The van der Waals surface area contributed by atoms with E-state index in [1.165, 1.54) is 37.0 Å². The molecule has 0 N–H and O–H groups in total. The van der Waals surface area contributed by atoms with E-state index in [9.17, 15) is 0 Å². The fourth-order valence-electron chi connectivity index (χ4n) is 2.49. The lowest BCUT2D eigenvalue weighted by Gasteiger charge is -2.15. The van der Waals surface area contributed by atoms with Crippen molar-refractivity contribution in [2.45, 2.75) is 64.8 Å². The molecule has 0 spiro atoms. The first-order valence-corrected chi connectivity index (χ1v) is 8.38. The number of methoxy groups -OCH3 is 1. The van der Waals surface area contributed by atoms with Crippen LogP contribution in [-0.4, -0.2) is 25.5 Å². The molecule has 1 aromatic carbocycles. The maximum Gasteiger partial charge on any atom is 0.0772 e. The fourth-order valence-corrected chi connectivity index (χ4v) is 2.49. The van der Waals surface area contributed by atoms with E-state index in [2.05, 4.69) is 44.2 Å². The Morgan fingerprint density at radius 2 is 1.67 bits per heavy atom. The smallest absolute Gasteiger partial charge is 0.0772 e. The molecule has 0 aliphatic heterocycles. The monoisotopic (exact) mass is 289 g/mol. The van der Waals surface area contributed by atoms with Crippen LogP contribution in [0.3, 0.4) is 0 Å². The van der Waals surface area contributed by atoms with Crippen LogP contribution in [0.4, 0.5) is 0 Å². The molecule has 0 aliphatic carbocycles. The van der Waals surface area contributed by atoms with Crippen molar-refractivity contribution in [2.75, 3.05) is 13.7 Å². The number of nitrogens with zero attached hydrogens (tertiary/aromatic N) is 1. The van der Waals surface area contributed by atoms with Crippen molar-refractivity contribution in [1.82, 2.24) is 0 Å². The lowest BCUT2D eigenvalue weighted by molar-refractivity contribution is 0.180. The van der Waals surface area contributed by atoms with Gasteiger partial charge in [-0.05, 0) is 37.7 Å². The molecule has 0 aromatic heterocycles. The summed E-state index contributed by atoms with van der Waals surface area (Å²) in [4.78, 5) is 5.03. The van der Waals surface area contributed by atoms with Crippen molar-refractivity contribution < 1.29 is 4.74 Å². The maximum absolute atomic E-state index is 5.38. The zero-order valence-corrected chi connectivity index (χ0v) is 14.0. The van der Waals surface area contributed by atoms with Gasteiger partial charge in [0.2, 0.25) is 0 Å². The van der Waals surface area contributed by atoms with Crippen molar-refractivity contribution >= 4 is 5.71 Å². The molecule has 118 valence electrons. The zero-order chi connectivity index (χ0) is 15.3. The van der Waals surface area contributed by atoms with Gasteiger partial charge in [0, 0.05) is 12.8 Å². The van der Waals surface area contributed by atoms with E-state index in [0.29, 0.717) is 6.61 Å². The number of hydrogen-bond donors (Lipinski definition) is 0. The highest BCUT2D eigenvalue weighted by molar-refractivity contribution is 5.84. The second kappa shape index (κ2) is 11.5. The maximum atomic E-state index is 5.38. The lowest BCUT2D eigenvalue weighted by atomic mass is 10.0. The average molecular weight is 289 g/mol. The Morgan fingerprint density at radius 3 is 2.19 bits per heavy atom. The van der Waals surface area contributed by atoms with E-state index in [4.69, 9.17) is 9.73 Å². The van der Waals surface area contributed by atoms with Crippen molar-refractivity contribution in [3.63, 3.8) is 0 Å². The summed E-state index contributed by atoms with van der Waals surface area (Å²) in [7, 11) is 1.77. The van der Waals surface area contributed by atoms with Gasteiger partial charge in [0.05, 0.1) is 12.6 Å². The molecular formula is C19H31NO. The predicted octanol–water partition coefficient (Wildman–Crippen LogP) is 5.07. The van der Waals surface area contributed by atoms with Crippen LogP contribution in [0.2, 0.25) is 0 Å². The fraction of sp³-hybridized carbons (Fsp3) is 0.632. The third-order valence-electron chi connectivity index (χ3n) is 3.68. The Hall–Kier alpha value is -1.15. The van der Waals surface area contributed by atoms with Gasteiger partial charge in [-0.15, -0.1) is 0 Å². The molecule has 0 saturated heterocycles. The van der Waals surface area contributed by atoms with Crippen LogP contribution in [0.5, 0.6) is 0 Å². The van der Waals surface area contributed by atoms with Crippen LogP contribution in [0, 0.1) is 0 Å². The van der Waals surface area contributed by atoms with Gasteiger partial charge in [0.15, 0.2) is 0 Å². The highest BCUT2D eigenvalue weighted by Crippen LogP contribution is 2.11. The van der Waals surface area contributed by atoms with Crippen molar-refractivity contribution in [3.8, 4) is 0 Å². The summed E-state index contributed by atoms with van der Waals surface area (Å²) in [5.41, 5.74) is 2.73. The molecule has 0 saturated carbocycles. The Morgan fingerprint density at radius 1 is 1.05 bits per heavy atom. The normalized spacial score (nSPS) is 12.1. The number of ether oxygens (including phenoxy) is 1. The minimum Gasteiger partial charge on any atom is -0.382 e. The third kappa shape index (κ3) is 8.01. The third-order valence-corrected chi connectivity index (χ3v) is 3.68. The largest absolute Gasteiger partial charge is 0.382 e. The topological polar surface area (TPSA) is 21.6 Å². The molecule has 0 aliphatic rings. The Bertz CT molecular complexity index is 376. The molecular weight excluding hydrogens is 258 g/mol. The van der Waals surface area contributed by atoms with E-state index >= 15 is 0 Å². The van der Waals surface area contributed by atoms with Gasteiger partial charge in [-0.25, -0.2) is 0 Å². The number of unbranched alkanes of at least 4 members (excludes halogenated alkanes) is 2. The average Bonchev–Trinajstić information content (AvgIpc) is 2.51. The molecule has 1 rings (SSSR count). The van der Waals surface area contributed by atoms with Crippen LogP contribution in [0.1, 0.15) is 57.9 Å². The van der Waals surface area contributed by atoms with Gasteiger partial charge >= 0.3 is 0 Å². The van der Waals surface area contributed by atoms with E-state index < -0.39 is 0 Å². The SMILES string of the molecule is CCCCC(CCCC)=N[C@H](COC)Cc1ccccc1. The van der Waals surface area contributed by atoms with Crippen LogP contribution in [-0.2, 0) is 11.2 Å². The van der Waals surface area contributed by atoms with Crippen molar-refractivity contribution in [2.24, 2.45) is 4.99 Å². The van der Waals surface area contributed by atoms with Gasteiger partial charge in [-0.2, -0.15) is 0 Å². The molecule has 0 fully saturated rings. The second-order valence-corrected chi connectivity index (χ2v) is 5.70. The quantitative estimate of drug-likeness (QED) is 0.521. The zero-order valence-electron chi connectivity index (χ0n) is 14.0. The first kappa shape index (κ1) is 17.9. The van der Waals surface area contributed by atoms with E-state index in [0.717, 1.165) is 19.3 Å². The lowest BCUT2D eigenvalue weighted by Crippen LogP contribution is -2.18. The Labute approximate surface area is 130 Å². The van der Waals surface area contributed by atoms with E-state index in [1.54, 1.807) is 7.11 Å². The van der Waals surface area contributed by atoms with E-state index in [-0.39, 0.29) is 6.04 Å². The van der Waals surface area contributed by atoms with Gasteiger partial charge < -0.3 is 4.74 Å². The molecule has 1 aromatic rings. The van der Waals surface area contributed by atoms with Crippen LogP contribution in [0.25, 0.3) is 0 Å². The minimum absolute atomic E-state index is 0.251. The number of hydrogen-bond acceptors (Lipinski definition) is 2. The summed E-state index contributed by atoms with van der Waals surface area (Å²) in [6, 6.07) is 10.9. The molecule has 0 radical (unpaired) electrons. The first-order chi connectivity index (χ1) is 10.3. The summed E-state index contributed by atoms with van der Waals surface area (Å²) >= 11 is 0. The van der Waals surface area contributed by atoms with Crippen molar-refractivity contribution in [3.05, 3.63) is 35.9 Å². The molecule has 1 atom stereocenters. The van der Waals surface area contributed by atoms with Crippen molar-refractivity contribution in [1.29, 1.82) is 0 Å². The summed E-state index contributed by atoms with van der Waals surface area (Å²) in [6.45, 7) is 5.19. The second-order valence-electron chi connectivity index (χ2n) is 5.70. The summed E-state index contributed by atoms with van der Waals surface area (Å²) in [6.07, 6.45) is 8.21. The predicted molar refractivity (Wildman–Crippen MR) is 92.3 cm³/mol. The highest BCUT2D eigenvalue weighted by atomic mass is 16.5. The number of aliphatic imine (C=N–C) groups is 1. The van der Waals surface area contributed by atoms with Crippen LogP contribution < -0.4 is 0 Å². The molecule has 0 amide bonds. The van der Waals surface area contributed by atoms with Gasteiger partial charge in [-0.3, -0.25) is 4.99 Å². The number of rotatable bonds is 11. The summed E-state index contributed by atoms with van der Waals surface area (Å²) in [5, 5.41) is 0. The molecule has 2 heteroatoms. The first-order valence-electron chi connectivity index (χ1n) is 8.38. The van der Waals surface area contributed by atoms with Gasteiger partial charge in [-0.1, -0.05) is 57.0 Å². The molecule has 21 heavy (non-hydrogen) atoms. The Kier molecular flexibility index (Phi) is 9.81. The highest BCUT2D eigenvalue weighted by Gasteiger charge is 2.10. The molecule has 0 bridgehead atoms. The van der Waals surface area contributed by atoms with Gasteiger partial charge in [0.1, 0.15) is 0 Å². The summed E-state index contributed by atoms with van der Waals surface area (Å²) < 4.78 is 5.38. The Balaban J connectivity index is 2.71. The molecule has 0 unspecified atom stereocenters. The van der Waals surface area contributed by atoms with Gasteiger partial charge in [0.25, 0.3) is 0 Å². The molecule has 0 heterocycles. The molecule has 2 nitrogen and oxygen atoms in total. The minimum atomic E-state index is 0.251. The standard InChI is InChI=1S/C19H31NO/c1-4-6-13-18(14-7-5-2)20-19(16-21-3)15-17-11-9-8-10-12-17/h8-12,19H,4-7,13-16H2,1-3H3/t19-/m0/s1. The van der Waals surface area contributed by atoms with Crippen LogP contribution >= 0.6 is 0 Å². The summed E-state index contributed by atoms with van der Waals surface area (Å²) in [5.74, 6) is 0. The number of benzene rings is 1. The van der Waals surface area contributed by atoms with Crippen LogP contribution in [0.15, 0.2) is 35.3 Å². The van der Waals surface area contributed by atoms with E-state index in [1.807, 2.05) is 0 Å².